The lowest BCUT2D eigenvalue weighted by Gasteiger charge is -2.34. The molecule has 148 valence electrons. The fourth-order valence-electron chi connectivity index (χ4n) is 3.38. The Kier molecular flexibility index (Phi) is 7.07. The zero-order chi connectivity index (χ0) is 18.5. The molecule has 1 aromatic carbocycles. The van der Waals surface area contributed by atoms with Gasteiger partial charge in [-0.15, -0.1) is 34.2 Å². The van der Waals surface area contributed by atoms with Gasteiger partial charge in [0.15, 0.2) is 17.4 Å². The second kappa shape index (κ2) is 9.72. The smallest absolute Gasteiger partial charge is 0.194 e. The summed E-state index contributed by atoms with van der Waals surface area (Å²) in [7, 11) is 1.82. The summed E-state index contributed by atoms with van der Waals surface area (Å²) in [6.07, 6.45) is 4.18. The second-order valence-corrected chi connectivity index (χ2v) is 6.56. The summed E-state index contributed by atoms with van der Waals surface area (Å²) in [6.45, 7) is 2.41. The van der Waals surface area contributed by atoms with Crippen molar-refractivity contribution >= 4 is 35.6 Å². The van der Waals surface area contributed by atoms with E-state index in [1.54, 1.807) is 0 Å². The van der Waals surface area contributed by atoms with E-state index in [0.29, 0.717) is 6.54 Å². The van der Waals surface area contributed by atoms with Gasteiger partial charge in [-0.3, -0.25) is 9.39 Å². The minimum atomic E-state index is 0. The van der Waals surface area contributed by atoms with Gasteiger partial charge in [0.1, 0.15) is 11.9 Å². The SMILES string of the molecule is CN=C(NCc1nnc2ccccn12)N1CCC(Oc2ccccc2)CC1.I. The zero-order valence-corrected chi connectivity index (χ0v) is 18.2. The molecule has 0 radical (unpaired) electrons. The van der Waals surface area contributed by atoms with Crippen LogP contribution in [-0.4, -0.2) is 51.7 Å². The molecule has 28 heavy (non-hydrogen) atoms. The monoisotopic (exact) mass is 492 g/mol. The highest BCUT2D eigenvalue weighted by molar-refractivity contribution is 14.0. The average Bonchev–Trinajstić information content (AvgIpc) is 3.14. The van der Waals surface area contributed by atoms with Gasteiger partial charge < -0.3 is 15.0 Å². The van der Waals surface area contributed by atoms with Gasteiger partial charge >= 0.3 is 0 Å². The standard InChI is InChI=1S/C20H24N6O.HI/c1-21-20(22-15-19-24-23-18-9-5-6-12-26(18)19)25-13-10-17(11-14-25)27-16-7-3-2-4-8-16;/h2-9,12,17H,10-11,13-15H2,1H3,(H,21,22);1H. The van der Waals surface area contributed by atoms with E-state index in [4.69, 9.17) is 4.74 Å². The number of para-hydroxylation sites is 1. The number of halogens is 1. The van der Waals surface area contributed by atoms with Crippen LogP contribution in [0.3, 0.4) is 0 Å². The quantitative estimate of drug-likeness (QED) is 0.345. The summed E-state index contributed by atoms with van der Waals surface area (Å²) in [6, 6.07) is 15.9. The second-order valence-electron chi connectivity index (χ2n) is 6.56. The van der Waals surface area contributed by atoms with Crippen molar-refractivity contribution in [1.29, 1.82) is 0 Å². The van der Waals surface area contributed by atoms with E-state index in [9.17, 15) is 0 Å². The van der Waals surface area contributed by atoms with Gasteiger partial charge in [-0.2, -0.15) is 0 Å². The highest BCUT2D eigenvalue weighted by Crippen LogP contribution is 2.18. The Balaban J connectivity index is 0.00000225. The summed E-state index contributed by atoms with van der Waals surface area (Å²) in [5, 5.41) is 11.9. The molecule has 3 heterocycles. The summed E-state index contributed by atoms with van der Waals surface area (Å²) in [5.41, 5.74) is 0.850. The van der Waals surface area contributed by atoms with Gasteiger partial charge in [0.2, 0.25) is 0 Å². The average molecular weight is 492 g/mol. The lowest BCUT2D eigenvalue weighted by Crippen LogP contribution is -2.47. The first-order valence-corrected chi connectivity index (χ1v) is 9.29. The van der Waals surface area contributed by atoms with Crippen LogP contribution in [-0.2, 0) is 6.54 Å². The maximum Gasteiger partial charge on any atom is 0.194 e. The van der Waals surface area contributed by atoms with Crippen molar-refractivity contribution in [3.63, 3.8) is 0 Å². The van der Waals surface area contributed by atoms with Crippen LogP contribution in [0.4, 0.5) is 0 Å². The number of aromatic nitrogens is 3. The molecule has 0 atom stereocenters. The van der Waals surface area contributed by atoms with E-state index in [-0.39, 0.29) is 30.1 Å². The number of hydrogen-bond donors (Lipinski definition) is 1. The summed E-state index contributed by atoms with van der Waals surface area (Å²) in [4.78, 5) is 6.71. The number of nitrogens with one attached hydrogen (secondary N) is 1. The third-order valence-electron chi connectivity index (χ3n) is 4.79. The molecule has 0 spiro atoms. The maximum absolute atomic E-state index is 6.08. The predicted octanol–water partition coefficient (Wildman–Crippen LogP) is 2.97. The number of benzene rings is 1. The number of piperidine rings is 1. The van der Waals surface area contributed by atoms with E-state index in [0.717, 1.165) is 49.1 Å². The number of rotatable bonds is 4. The Bertz CT molecular complexity index is 905. The van der Waals surface area contributed by atoms with Gasteiger partial charge in [0.05, 0.1) is 6.54 Å². The number of fused-ring (bicyclic) bond motifs is 1. The Hall–Kier alpha value is -2.36. The molecule has 0 aliphatic carbocycles. The molecule has 1 N–H and O–H groups in total. The van der Waals surface area contributed by atoms with Gasteiger partial charge in [-0.1, -0.05) is 24.3 Å². The van der Waals surface area contributed by atoms with Crippen molar-refractivity contribution < 1.29 is 4.74 Å². The molecule has 0 unspecified atom stereocenters. The van der Waals surface area contributed by atoms with Crippen LogP contribution >= 0.6 is 24.0 Å². The molecule has 1 aliphatic rings. The van der Waals surface area contributed by atoms with Crippen LogP contribution in [0.25, 0.3) is 5.65 Å². The Morgan fingerprint density at radius 2 is 1.86 bits per heavy atom. The first kappa shape index (κ1) is 20.4. The molecule has 1 aliphatic heterocycles. The van der Waals surface area contributed by atoms with E-state index < -0.39 is 0 Å². The normalized spacial score (nSPS) is 15.3. The Morgan fingerprint density at radius 1 is 1.11 bits per heavy atom. The van der Waals surface area contributed by atoms with Crippen molar-refractivity contribution in [3.8, 4) is 5.75 Å². The van der Waals surface area contributed by atoms with Crippen molar-refractivity contribution in [3.05, 3.63) is 60.6 Å². The maximum atomic E-state index is 6.08. The lowest BCUT2D eigenvalue weighted by molar-refractivity contribution is 0.129. The Labute approximate surface area is 181 Å². The van der Waals surface area contributed by atoms with E-state index in [1.807, 2.05) is 66.2 Å². The van der Waals surface area contributed by atoms with E-state index >= 15 is 0 Å². The number of ether oxygens (including phenoxy) is 1. The van der Waals surface area contributed by atoms with Gasteiger partial charge in [-0.05, 0) is 24.3 Å². The zero-order valence-electron chi connectivity index (χ0n) is 15.9. The predicted molar refractivity (Wildman–Crippen MR) is 120 cm³/mol. The van der Waals surface area contributed by atoms with Crippen LogP contribution in [0.2, 0.25) is 0 Å². The van der Waals surface area contributed by atoms with E-state index in [1.165, 1.54) is 0 Å². The van der Waals surface area contributed by atoms with Crippen molar-refractivity contribution in [2.45, 2.75) is 25.5 Å². The third kappa shape index (κ3) is 4.73. The topological polar surface area (TPSA) is 67.0 Å². The number of pyridine rings is 1. The minimum Gasteiger partial charge on any atom is -0.490 e. The van der Waals surface area contributed by atoms with Gasteiger partial charge in [-0.25, -0.2) is 0 Å². The molecule has 1 saturated heterocycles. The molecule has 8 heteroatoms. The molecule has 4 rings (SSSR count). The Morgan fingerprint density at radius 3 is 2.61 bits per heavy atom. The molecule has 7 nitrogen and oxygen atoms in total. The fourth-order valence-corrected chi connectivity index (χ4v) is 3.38. The molecule has 0 amide bonds. The van der Waals surface area contributed by atoms with Crippen LogP contribution in [0.5, 0.6) is 5.75 Å². The summed E-state index contributed by atoms with van der Waals surface area (Å²) in [5.74, 6) is 2.70. The number of guanidine groups is 1. The largest absolute Gasteiger partial charge is 0.490 e. The van der Waals surface area contributed by atoms with Crippen LogP contribution in [0, 0.1) is 0 Å². The molecule has 1 fully saturated rings. The third-order valence-corrected chi connectivity index (χ3v) is 4.79. The molecule has 2 aromatic heterocycles. The molecule has 3 aromatic rings. The lowest BCUT2D eigenvalue weighted by atomic mass is 10.1. The van der Waals surface area contributed by atoms with Crippen LogP contribution < -0.4 is 10.1 Å². The van der Waals surface area contributed by atoms with Gasteiger partial charge in [0, 0.05) is 39.2 Å². The van der Waals surface area contributed by atoms with Crippen molar-refractivity contribution in [1.82, 2.24) is 24.8 Å². The molecule has 0 bridgehead atoms. The highest BCUT2D eigenvalue weighted by Gasteiger charge is 2.22. The van der Waals surface area contributed by atoms with E-state index in [2.05, 4.69) is 25.4 Å². The number of hydrogen-bond acceptors (Lipinski definition) is 4. The first-order valence-electron chi connectivity index (χ1n) is 9.29. The fraction of sp³-hybridized carbons (Fsp3) is 0.350. The van der Waals surface area contributed by atoms with Crippen LogP contribution in [0.15, 0.2) is 59.7 Å². The van der Waals surface area contributed by atoms with Crippen LogP contribution in [0.1, 0.15) is 18.7 Å². The number of aliphatic imine (C=N–C) groups is 1. The molecule has 0 saturated carbocycles. The first-order chi connectivity index (χ1) is 13.3. The number of likely N-dealkylation sites (tertiary alicyclic amines) is 1. The molecular weight excluding hydrogens is 467 g/mol. The highest BCUT2D eigenvalue weighted by atomic mass is 127. The minimum absolute atomic E-state index is 0. The van der Waals surface area contributed by atoms with Crippen molar-refractivity contribution in [2.75, 3.05) is 20.1 Å². The molecular formula is C20H25IN6O. The number of nitrogens with zero attached hydrogens (tertiary/aromatic N) is 5. The van der Waals surface area contributed by atoms with Crippen molar-refractivity contribution in [2.24, 2.45) is 4.99 Å². The van der Waals surface area contributed by atoms with Gasteiger partial charge in [0.25, 0.3) is 0 Å². The summed E-state index contributed by atoms with van der Waals surface area (Å²) < 4.78 is 8.06. The summed E-state index contributed by atoms with van der Waals surface area (Å²) >= 11 is 0.